The van der Waals surface area contributed by atoms with Gasteiger partial charge in [0, 0.05) is 0 Å². The molecule has 1 fully saturated rings. The van der Waals surface area contributed by atoms with Crippen LogP contribution in [0.1, 0.15) is 44.9 Å². The summed E-state index contributed by atoms with van der Waals surface area (Å²) in [6.45, 7) is 0. The molecule has 0 amide bonds. The fraction of sp³-hybridized carbons (Fsp3) is 1.00. The Morgan fingerprint density at radius 2 is 1.10 bits per heavy atom. The quantitative estimate of drug-likeness (QED) is 0.443. The predicted octanol–water partition coefficient (Wildman–Crippen LogP) is 2.18. The molecule has 0 atom stereocenters. The van der Waals surface area contributed by atoms with Crippen LogP contribution in [0.3, 0.4) is 0 Å². The lowest BCUT2D eigenvalue weighted by Gasteiger charge is -2.27. The minimum absolute atomic E-state index is 0.347. The maximum Gasteiger partial charge on any atom is 0.0620 e. The first-order valence-electron chi connectivity index (χ1n) is 4.28. The molecule has 1 aliphatic rings. The molecular weight excluding hydrogens is 118 g/mol. The molecule has 52 valence electrons. The lowest BCUT2D eigenvalue weighted by atomic mass is 9.50. The van der Waals surface area contributed by atoms with Gasteiger partial charge in [-0.1, -0.05) is 50.2 Å². The van der Waals surface area contributed by atoms with Gasteiger partial charge in [-0.2, -0.15) is 0 Å². The van der Waals surface area contributed by atoms with Crippen molar-refractivity contribution in [1.29, 1.82) is 0 Å². The summed E-state index contributed by atoms with van der Waals surface area (Å²) in [5.41, 5.74) is 0. The van der Waals surface area contributed by atoms with Crippen LogP contribution in [-0.4, -0.2) is 15.7 Å². The van der Waals surface area contributed by atoms with Gasteiger partial charge in [-0.3, -0.25) is 0 Å². The predicted molar refractivity (Wildman–Crippen MR) is 46.5 cm³/mol. The Balaban J connectivity index is 2.30. The summed E-state index contributed by atoms with van der Waals surface area (Å²) >= 11 is 0. The van der Waals surface area contributed by atoms with Gasteiger partial charge in [0.25, 0.3) is 0 Å². The second kappa shape index (κ2) is 3.50. The van der Waals surface area contributed by atoms with Crippen LogP contribution >= 0.6 is 0 Å². The van der Waals surface area contributed by atoms with Crippen LogP contribution in [0.15, 0.2) is 0 Å². The van der Waals surface area contributed by atoms with Crippen molar-refractivity contribution in [2.75, 3.05) is 0 Å². The number of hydrogen-bond donors (Lipinski definition) is 0. The third-order valence-corrected chi connectivity index (χ3v) is 2.28. The lowest BCUT2D eigenvalue weighted by Crippen LogP contribution is -2.14. The molecule has 0 aliphatic heterocycles. The van der Waals surface area contributed by atoms with Crippen molar-refractivity contribution in [3.8, 4) is 0 Å². The maximum atomic E-state index is 5.82. The Morgan fingerprint density at radius 3 is 1.60 bits per heavy atom. The van der Waals surface area contributed by atoms with Gasteiger partial charge in [0.1, 0.15) is 0 Å². The normalized spacial score (nSPS) is 26.8. The van der Waals surface area contributed by atoms with E-state index < -0.39 is 0 Å². The standard InChI is InChI=1S/C8H14B2/c9-8(10)6-4-2-1-3-5-7-8/h1-7H2. The van der Waals surface area contributed by atoms with Gasteiger partial charge in [0.2, 0.25) is 0 Å². The summed E-state index contributed by atoms with van der Waals surface area (Å²) in [7, 11) is 11.6. The molecule has 0 aromatic carbocycles. The largest absolute Gasteiger partial charge is 0.0990 e. The van der Waals surface area contributed by atoms with E-state index in [-0.39, 0.29) is 5.21 Å². The summed E-state index contributed by atoms with van der Waals surface area (Å²) in [5.74, 6) is 0. The van der Waals surface area contributed by atoms with Crippen molar-refractivity contribution < 1.29 is 0 Å². The minimum Gasteiger partial charge on any atom is -0.0990 e. The molecule has 0 unspecified atom stereocenters. The van der Waals surface area contributed by atoms with Gasteiger partial charge in [0.05, 0.1) is 15.7 Å². The molecule has 0 bridgehead atoms. The van der Waals surface area contributed by atoms with Crippen molar-refractivity contribution in [2.45, 2.75) is 50.2 Å². The fourth-order valence-corrected chi connectivity index (χ4v) is 1.56. The van der Waals surface area contributed by atoms with Crippen molar-refractivity contribution in [3.05, 3.63) is 0 Å². The minimum atomic E-state index is -0.347. The highest BCUT2D eigenvalue weighted by molar-refractivity contribution is 6.39. The van der Waals surface area contributed by atoms with Crippen molar-refractivity contribution >= 4 is 15.7 Å². The van der Waals surface area contributed by atoms with E-state index in [1.165, 1.54) is 32.1 Å². The van der Waals surface area contributed by atoms with Gasteiger partial charge in [0.15, 0.2) is 0 Å². The summed E-state index contributed by atoms with van der Waals surface area (Å²) in [4.78, 5) is 0. The van der Waals surface area contributed by atoms with Gasteiger partial charge in [-0.05, 0) is 0 Å². The number of rotatable bonds is 0. The van der Waals surface area contributed by atoms with Crippen LogP contribution in [0.2, 0.25) is 5.21 Å². The fourth-order valence-electron chi connectivity index (χ4n) is 1.56. The van der Waals surface area contributed by atoms with Crippen LogP contribution < -0.4 is 0 Å². The second-order valence-corrected chi connectivity index (χ2v) is 3.50. The van der Waals surface area contributed by atoms with Gasteiger partial charge >= 0.3 is 0 Å². The van der Waals surface area contributed by atoms with E-state index in [1.807, 2.05) is 0 Å². The Morgan fingerprint density at radius 1 is 0.700 bits per heavy atom. The Bertz CT molecular complexity index is 89.4. The van der Waals surface area contributed by atoms with E-state index in [2.05, 4.69) is 0 Å². The molecule has 0 aromatic heterocycles. The third kappa shape index (κ3) is 2.81. The molecule has 0 heterocycles. The SMILES string of the molecule is [B]C1([B])CCCCCCC1. The molecule has 2 heteroatoms. The van der Waals surface area contributed by atoms with E-state index >= 15 is 0 Å². The zero-order valence-corrected chi connectivity index (χ0v) is 6.60. The molecule has 1 rings (SSSR count). The van der Waals surface area contributed by atoms with E-state index in [9.17, 15) is 0 Å². The first-order valence-corrected chi connectivity index (χ1v) is 4.28. The van der Waals surface area contributed by atoms with Crippen LogP contribution in [0.4, 0.5) is 0 Å². The molecule has 10 heavy (non-hydrogen) atoms. The monoisotopic (exact) mass is 132 g/mol. The molecular formula is C8H14B2. The van der Waals surface area contributed by atoms with Gasteiger partial charge in [-0.25, -0.2) is 0 Å². The van der Waals surface area contributed by atoms with Crippen LogP contribution in [0, 0.1) is 0 Å². The highest BCUT2D eigenvalue weighted by Gasteiger charge is 2.17. The zero-order chi connectivity index (χ0) is 7.45. The second-order valence-electron chi connectivity index (χ2n) is 3.50. The first-order chi connectivity index (χ1) is 4.71. The summed E-state index contributed by atoms with van der Waals surface area (Å²) in [6.07, 6.45) is 8.45. The molecule has 0 spiro atoms. The highest BCUT2D eigenvalue weighted by atomic mass is 14.1. The van der Waals surface area contributed by atoms with Crippen LogP contribution in [0.5, 0.6) is 0 Å². The van der Waals surface area contributed by atoms with E-state index in [1.54, 1.807) is 0 Å². The third-order valence-electron chi connectivity index (χ3n) is 2.28. The van der Waals surface area contributed by atoms with Crippen molar-refractivity contribution in [1.82, 2.24) is 0 Å². The average molecular weight is 132 g/mol. The summed E-state index contributed by atoms with van der Waals surface area (Å²) in [5, 5.41) is -0.347. The Kier molecular flexibility index (Phi) is 2.88. The van der Waals surface area contributed by atoms with Gasteiger partial charge in [-0.15, -0.1) is 0 Å². The molecule has 1 aliphatic carbocycles. The van der Waals surface area contributed by atoms with Crippen molar-refractivity contribution in [3.63, 3.8) is 0 Å². The van der Waals surface area contributed by atoms with Gasteiger partial charge < -0.3 is 0 Å². The van der Waals surface area contributed by atoms with Crippen molar-refractivity contribution in [2.24, 2.45) is 0 Å². The van der Waals surface area contributed by atoms with Crippen LogP contribution in [-0.2, 0) is 0 Å². The summed E-state index contributed by atoms with van der Waals surface area (Å²) < 4.78 is 0. The smallest absolute Gasteiger partial charge is 0.0620 e. The molecule has 1 saturated carbocycles. The molecule has 0 N–H and O–H groups in total. The first kappa shape index (κ1) is 8.23. The maximum absolute atomic E-state index is 5.82. The summed E-state index contributed by atoms with van der Waals surface area (Å²) in [6, 6.07) is 0. The molecule has 4 radical (unpaired) electrons. The number of hydrogen-bond acceptors (Lipinski definition) is 0. The zero-order valence-electron chi connectivity index (χ0n) is 6.60. The average Bonchev–Trinajstić information content (AvgIpc) is 1.81. The Hall–Kier alpha value is 0.130. The van der Waals surface area contributed by atoms with E-state index in [0.29, 0.717) is 0 Å². The van der Waals surface area contributed by atoms with E-state index in [0.717, 1.165) is 12.8 Å². The van der Waals surface area contributed by atoms with Crippen LogP contribution in [0.25, 0.3) is 0 Å². The topological polar surface area (TPSA) is 0 Å². The van der Waals surface area contributed by atoms with E-state index in [4.69, 9.17) is 15.7 Å². The Labute approximate surface area is 66.6 Å². The molecule has 0 nitrogen and oxygen atoms in total. The molecule has 0 saturated heterocycles. The lowest BCUT2D eigenvalue weighted by molar-refractivity contribution is 0.477. The highest BCUT2D eigenvalue weighted by Crippen LogP contribution is 2.33. The molecule has 0 aromatic rings.